The molecule has 76 valence electrons. The zero-order chi connectivity index (χ0) is 11.3. The molecule has 0 aromatic heterocycles. The molecule has 0 heterocycles. The molecule has 0 fully saturated rings. The van der Waals surface area contributed by atoms with E-state index in [2.05, 4.69) is 26.3 Å². The Balaban J connectivity index is 3.12. The first-order valence-corrected chi connectivity index (χ1v) is 4.68. The van der Waals surface area contributed by atoms with Crippen molar-refractivity contribution in [2.45, 2.75) is 0 Å². The van der Waals surface area contributed by atoms with Crippen LogP contribution in [0.2, 0.25) is 0 Å². The van der Waals surface area contributed by atoms with Crippen molar-refractivity contribution in [3.8, 4) is 0 Å². The molecule has 0 aliphatic carbocycles. The van der Waals surface area contributed by atoms with Gasteiger partial charge in [0.05, 0.1) is 0 Å². The maximum atomic E-state index is 3.92. The molecule has 1 rings (SSSR count). The second kappa shape index (κ2) is 5.01. The van der Waals surface area contributed by atoms with Crippen molar-refractivity contribution in [1.29, 1.82) is 0 Å². The van der Waals surface area contributed by atoms with E-state index in [0.29, 0.717) is 0 Å². The summed E-state index contributed by atoms with van der Waals surface area (Å²) in [5.74, 6) is 0. The van der Waals surface area contributed by atoms with Crippen LogP contribution in [-0.2, 0) is 0 Å². The molecule has 0 saturated heterocycles. The molecule has 0 bridgehead atoms. The van der Waals surface area contributed by atoms with Gasteiger partial charge >= 0.3 is 0 Å². The molecular weight excluding hydrogens is 182 g/mol. The van der Waals surface area contributed by atoms with Crippen LogP contribution in [0.15, 0.2) is 80.2 Å². The molecule has 0 unspecified atom stereocenters. The van der Waals surface area contributed by atoms with Crippen LogP contribution in [0.5, 0.6) is 0 Å². The lowest BCUT2D eigenvalue weighted by Gasteiger charge is -2.25. The quantitative estimate of drug-likeness (QED) is 0.647. The van der Waals surface area contributed by atoms with Crippen molar-refractivity contribution in [2.24, 2.45) is 0 Å². The van der Waals surface area contributed by atoms with E-state index in [0.717, 1.165) is 17.1 Å². The lowest BCUT2D eigenvalue weighted by molar-refractivity contribution is 1.16. The SMILES string of the molecule is C=CC(=C)N(C(=C)C=C)c1ccccc1. The molecule has 0 aliphatic heterocycles. The molecule has 0 amide bonds. The molecule has 1 heteroatoms. The minimum absolute atomic E-state index is 0.783. The maximum absolute atomic E-state index is 3.92. The average molecular weight is 197 g/mol. The summed E-state index contributed by atoms with van der Waals surface area (Å²) in [6.45, 7) is 15.3. The molecule has 0 saturated carbocycles. The minimum atomic E-state index is 0.783. The maximum Gasteiger partial charge on any atom is 0.0461 e. The Morgan fingerprint density at radius 1 is 0.933 bits per heavy atom. The van der Waals surface area contributed by atoms with Crippen LogP contribution in [0.1, 0.15) is 0 Å². The van der Waals surface area contributed by atoms with Gasteiger partial charge in [0.25, 0.3) is 0 Å². The highest BCUT2D eigenvalue weighted by Crippen LogP contribution is 2.23. The van der Waals surface area contributed by atoms with Gasteiger partial charge in [0.15, 0.2) is 0 Å². The van der Waals surface area contributed by atoms with E-state index in [1.165, 1.54) is 0 Å². The number of para-hydroxylation sites is 1. The Morgan fingerprint density at radius 2 is 1.40 bits per heavy atom. The van der Waals surface area contributed by atoms with Crippen molar-refractivity contribution in [3.63, 3.8) is 0 Å². The van der Waals surface area contributed by atoms with Crippen molar-refractivity contribution in [2.75, 3.05) is 4.90 Å². The summed E-state index contributed by atoms with van der Waals surface area (Å²) in [7, 11) is 0. The van der Waals surface area contributed by atoms with Gasteiger partial charge < -0.3 is 4.90 Å². The number of rotatable bonds is 5. The van der Waals surface area contributed by atoms with E-state index in [4.69, 9.17) is 0 Å². The van der Waals surface area contributed by atoms with Crippen LogP contribution in [0, 0.1) is 0 Å². The molecule has 1 nitrogen and oxygen atoms in total. The molecule has 15 heavy (non-hydrogen) atoms. The smallest absolute Gasteiger partial charge is 0.0461 e. The average Bonchev–Trinajstić information content (AvgIpc) is 2.30. The van der Waals surface area contributed by atoms with Crippen LogP contribution in [-0.4, -0.2) is 0 Å². The zero-order valence-corrected chi connectivity index (χ0v) is 8.82. The molecule has 0 aliphatic rings. The number of hydrogen-bond acceptors (Lipinski definition) is 1. The Kier molecular flexibility index (Phi) is 3.69. The molecule has 0 radical (unpaired) electrons. The highest BCUT2D eigenvalue weighted by Gasteiger charge is 2.08. The Hall–Kier alpha value is -2.02. The fourth-order valence-corrected chi connectivity index (χ4v) is 1.28. The van der Waals surface area contributed by atoms with Gasteiger partial charge in [-0.2, -0.15) is 0 Å². The van der Waals surface area contributed by atoms with Crippen LogP contribution < -0.4 is 4.90 Å². The summed E-state index contributed by atoms with van der Waals surface area (Å²) in [5.41, 5.74) is 2.57. The predicted octanol–water partition coefficient (Wildman–Crippen LogP) is 3.89. The largest absolute Gasteiger partial charge is 0.312 e. The topological polar surface area (TPSA) is 3.24 Å². The number of anilines is 1. The van der Waals surface area contributed by atoms with E-state index in [9.17, 15) is 0 Å². The van der Waals surface area contributed by atoms with E-state index in [-0.39, 0.29) is 0 Å². The second-order valence-corrected chi connectivity index (χ2v) is 3.06. The van der Waals surface area contributed by atoms with Crippen LogP contribution in [0.4, 0.5) is 5.69 Å². The number of hydrogen-bond donors (Lipinski definition) is 0. The summed E-state index contributed by atoms with van der Waals surface area (Å²) in [6.07, 6.45) is 3.39. The molecule has 1 aromatic carbocycles. The first-order chi connectivity index (χ1) is 7.20. The van der Waals surface area contributed by atoms with E-state index >= 15 is 0 Å². The summed E-state index contributed by atoms with van der Waals surface area (Å²) in [5, 5.41) is 0. The normalized spacial score (nSPS) is 9.07. The summed E-state index contributed by atoms with van der Waals surface area (Å²) < 4.78 is 0. The standard InChI is InChI=1S/C14H15N/c1-5-12(3)15(13(4)6-2)14-10-8-7-9-11-14/h5-11H,1-4H2. The van der Waals surface area contributed by atoms with E-state index in [1.54, 1.807) is 12.2 Å². The first kappa shape index (κ1) is 11.1. The molecule has 0 N–H and O–H groups in total. The molecule has 1 aromatic rings. The Labute approximate surface area is 91.4 Å². The van der Waals surface area contributed by atoms with Gasteiger partial charge in [-0.3, -0.25) is 0 Å². The van der Waals surface area contributed by atoms with Crippen molar-refractivity contribution >= 4 is 5.69 Å². The van der Waals surface area contributed by atoms with Crippen LogP contribution in [0.3, 0.4) is 0 Å². The molecule has 0 atom stereocenters. The fourth-order valence-electron chi connectivity index (χ4n) is 1.28. The Morgan fingerprint density at radius 3 is 1.80 bits per heavy atom. The predicted molar refractivity (Wildman–Crippen MR) is 67.6 cm³/mol. The first-order valence-electron chi connectivity index (χ1n) is 4.68. The van der Waals surface area contributed by atoms with E-state index in [1.807, 2.05) is 35.2 Å². The number of nitrogens with zero attached hydrogens (tertiary/aromatic N) is 1. The van der Waals surface area contributed by atoms with Gasteiger partial charge in [-0.1, -0.05) is 44.5 Å². The fraction of sp³-hybridized carbons (Fsp3) is 0. The van der Waals surface area contributed by atoms with Gasteiger partial charge in [0, 0.05) is 17.1 Å². The minimum Gasteiger partial charge on any atom is -0.312 e. The lowest BCUT2D eigenvalue weighted by atomic mass is 10.2. The molecular formula is C14H15N. The van der Waals surface area contributed by atoms with Crippen molar-refractivity contribution in [3.05, 3.63) is 80.2 Å². The monoisotopic (exact) mass is 197 g/mol. The van der Waals surface area contributed by atoms with Gasteiger partial charge in [-0.15, -0.1) is 0 Å². The summed E-state index contributed by atoms with van der Waals surface area (Å²) >= 11 is 0. The zero-order valence-electron chi connectivity index (χ0n) is 8.82. The highest BCUT2D eigenvalue weighted by molar-refractivity contribution is 5.60. The summed E-state index contributed by atoms with van der Waals surface area (Å²) in [6, 6.07) is 9.88. The third-order valence-electron chi connectivity index (χ3n) is 2.06. The van der Waals surface area contributed by atoms with Crippen LogP contribution in [0.25, 0.3) is 0 Å². The van der Waals surface area contributed by atoms with Gasteiger partial charge in [-0.25, -0.2) is 0 Å². The lowest BCUT2D eigenvalue weighted by Crippen LogP contribution is -2.17. The second-order valence-electron chi connectivity index (χ2n) is 3.06. The Bertz CT molecular complexity index is 367. The number of benzene rings is 1. The molecule has 0 spiro atoms. The highest BCUT2D eigenvalue weighted by atomic mass is 15.1. The third kappa shape index (κ3) is 2.47. The van der Waals surface area contributed by atoms with E-state index < -0.39 is 0 Å². The number of allylic oxidation sites excluding steroid dienone is 2. The van der Waals surface area contributed by atoms with Gasteiger partial charge in [-0.05, 0) is 24.3 Å². The van der Waals surface area contributed by atoms with Crippen molar-refractivity contribution < 1.29 is 0 Å². The van der Waals surface area contributed by atoms with Gasteiger partial charge in [0.1, 0.15) is 0 Å². The third-order valence-corrected chi connectivity index (χ3v) is 2.06. The summed E-state index contributed by atoms with van der Waals surface area (Å²) in [4.78, 5) is 1.90. The van der Waals surface area contributed by atoms with Crippen molar-refractivity contribution in [1.82, 2.24) is 0 Å². The van der Waals surface area contributed by atoms with Gasteiger partial charge in [0.2, 0.25) is 0 Å². The van der Waals surface area contributed by atoms with Crippen LogP contribution >= 0.6 is 0 Å².